The number of halogens is 3. The molecule has 1 atom stereocenters. The molecule has 1 aromatic rings. The maximum Gasteiger partial charge on any atom is 0.387 e. The van der Waals surface area contributed by atoms with Crippen LogP contribution in [0.25, 0.3) is 0 Å². The van der Waals surface area contributed by atoms with E-state index < -0.39 is 6.61 Å². The van der Waals surface area contributed by atoms with Gasteiger partial charge in [0.05, 0.1) is 0 Å². The van der Waals surface area contributed by atoms with Crippen molar-refractivity contribution in [2.45, 2.75) is 20.0 Å². The molecular weight excluding hydrogens is 276 g/mol. The molecule has 0 aliphatic rings. The first-order valence-electron chi connectivity index (χ1n) is 5.92. The van der Waals surface area contributed by atoms with Crippen molar-refractivity contribution in [3.05, 3.63) is 29.8 Å². The highest BCUT2D eigenvalue weighted by atomic mass is 35.5. The fourth-order valence-corrected chi connectivity index (χ4v) is 1.84. The fourth-order valence-electron chi connectivity index (χ4n) is 1.47. The van der Waals surface area contributed by atoms with E-state index >= 15 is 0 Å². The van der Waals surface area contributed by atoms with Gasteiger partial charge in [-0.05, 0) is 30.5 Å². The minimum absolute atomic E-state index is 0.0311. The third-order valence-electron chi connectivity index (χ3n) is 2.53. The van der Waals surface area contributed by atoms with E-state index in [1.807, 2.05) is 6.92 Å². The van der Waals surface area contributed by atoms with Gasteiger partial charge in [0.1, 0.15) is 5.75 Å². The summed E-state index contributed by atoms with van der Waals surface area (Å²) in [5.41, 5.74) is 0.288. The quantitative estimate of drug-likeness (QED) is 0.783. The van der Waals surface area contributed by atoms with E-state index in [1.54, 1.807) is 6.07 Å². The highest BCUT2D eigenvalue weighted by Crippen LogP contribution is 2.16. The molecule has 0 heterocycles. The smallest absolute Gasteiger partial charge is 0.387 e. The molecule has 1 aromatic carbocycles. The predicted molar refractivity (Wildman–Crippen MR) is 69.9 cm³/mol. The minimum Gasteiger partial charge on any atom is -0.435 e. The zero-order chi connectivity index (χ0) is 14.3. The van der Waals surface area contributed by atoms with E-state index in [0.29, 0.717) is 12.4 Å². The molecule has 1 amide bonds. The number of carbonyl (C=O) groups excluding carboxylic acids is 1. The van der Waals surface area contributed by atoms with Crippen LogP contribution in [0.1, 0.15) is 23.7 Å². The molecule has 0 aliphatic carbocycles. The van der Waals surface area contributed by atoms with Crippen molar-refractivity contribution >= 4 is 17.5 Å². The van der Waals surface area contributed by atoms with Crippen molar-refractivity contribution in [1.29, 1.82) is 0 Å². The van der Waals surface area contributed by atoms with Crippen LogP contribution in [0.3, 0.4) is 0 Å². The molecule has 0 bridgehead atoms. The van der Waals surface area contributed by atoms with Crippen LogP contribution in [0.2, 0.25) is 0 Å². The molecule has 6 heteroatoms. The van der Waals surface area contributed by atoms with Gasteiger partial charge < -0.3 is 10.1 Å². The van der Waals surface area contributed by atoms with Crippen LogP contribution in [0.5, 0.6) is 5.75 Å². The second-order valence-corrected chi connectivity index (χ2v) is 4.58. The number of rotatable bonds is 7. The maximum atomic E-state index is 12.1. The van der Waals surface area contributed by atoms with Gasteiger partial charge in [-0.2, -0.15) is 8.78 Å². The molecule has 0 spiro atoms. The Morgan fingerprint density at radius 3 is 2.84 bits per heavy atom. The predicted octanol–water partition coefficient (Wildman–Crippen LogP) is 3.28. The molecule has 19 heavy (non-hydrogen) atoms. The Labute approximate surface area is 115 Å². The first-order chi connectivity index (χ1) is 9.02. The highest BCUT2D eigenvalue weighted by molar-refractivity contribution is 6.17. The molecule has 1 N–H and O–H groups in total. The number of benzene rings is 1. The van der Waals surface area contributed by atoms with E-state index in [4.69, 9.17) is 11.6 Å². The Hall–Kier alpha value is -1.36. The summed E-state index contributed by atoms with van der Waals surface area (Å²) in [4.78, 5) is 11.8. The van der Waals surface area contributed by atoms with E-state index in [0.717, 1.165) is 6.42 Å². The number of carbonyl (C=O) groups is 1. The molecule has 0 fully saturated rings. The summed E-state index contributed by atoms with van der Waals surface area (Å²) in [6.45, 7) is -0.438. The summed E-state index contributed by atoms with van der Waals surface area (Å²) in [6.07, 6.45) is 0.802. The van der Waals surface area contributed by atoms with Crippen molar-refractivity contribution in [1.82, 2.24) is 5.32 Å². The van der Waals surface area contributed by atoms with Gasteiger partial charge in [0.2, 0.25) is 0 Å². The second-order valence-electron chi connectivity index (χ2n) is 4.20. The Balaban J connectivity index is 2.56. The van der Waals surface area contributed by atoms with Gasteiger partial charge in [0.15, 0.2) is 0 Å². The van der Waals surface area contributed by atoms with Gasteiger partial charge in [-0.15, -0.1) is 11.6 Å². The van der Waals surface area contributed by atoms with E-state index in [2.05, 4.69) is 10.1 Å². The highest BCUT2D eigenvalue weighted by Gasteiger charge is 2.10. The van der Waals surface area contributed by atoms with Gasteiger partial charge in [0.25, 0.3) is 5.91 Å². The van der Waals surface area contributed by atoms with Crippen LogP contribution in [0.15, 0.2) is 24.3 Å². The van der Waals surface area contributed by atoms with Crippen molar-refractivity contribution in [3.8, 4) is 5.75 Å². The summed E-state index contributed by atoms with van der Waals surface area (Å²) < 4.78 is 28.4. The Kier molecular flexibility index (Phi) is 6.56. The molecule has 1 rings (SSSR count). The number of amides is 1. The third kappa shape index (κ3) is 5.87. The van der Waals surface area contributed by atoms with Crippen LogP contribution in [0.4, 0.5) is 8.78 Å². The molecule has 3 nitrogen and oxygen atoms in total. The maximum absolute atomic E-state index is 12.1. The molecule has 106 valence electrons. The average Bonchev–Trinajstić information content (AvgIpc) is 2.36. The number of hydrogen-bond acceptors (Lipinski definition) is 2. The number of nitrogens with one attached hydrogen (secondary N) is 1. The van der Waals surface area contributed by atoms with Crippen LogP contribution in [-0.2, 0) is 0 Å². The molecule has 1 unspecified atom stereocenters. The normalized spacial score (nSPS) is 12.3. The lowest BCUT2D eigenvalue weighted by atomic mass is 10.1. The number of hydrogen-bond donors (Lipinski definition) is 1. The van der Waals surface area contributed by atoms with Gasteiger partial charge in [0, 0.05) is 18.0 Å². The largest absolute Gasteiger partial charge is 0.435 e. The zero-order valence-corrected chi connectivity index (χ0v) is 11.3. The molecule has 0 aliphatic heterocycles. The topological polar surface area (TPSA) is 38.3 Å². The first kappa shape index (κ1) is 15.7. The van der Waals surface area contributed by atoms with Crippen molar-refractivity contribution in [2.24, 2.45) is 5.92 Å². The zero-order valence-electron chi connectivity index (χ0n) is 10.5. The number of ether oxygens (including phenoxy) is 1. The van der Waals surface area contributed by atoms with Crippen LogP contribution in [-0.4, -0.2) is 24.9 Å². The van der Waals surface area contributed by atoms with Crippen LogP contribution >= 0.6 is 11.6 Å². The SMILES string of the molecule is CC(CCCl)CNC(=O)c1cccc(OC(F)F)c1. The van der Waals surface area contributed by atoms with Gasteiger partial charge in [-0.3, -0.25) is 4.79 Å². The van der Waals surface area contributed by atoms with E-state index in [-0.39, 0.29) is 23.1 Å². The lowest BCUT2D eigenvalue weighted by Crippen LogP contribution is -2.28. The lowest BCUT2D eigenvalue weighted by Gasteiger charge is -2.11. The average molecular weight is 292 g/mol. The summed E-state index contributed by atoms with van der Waals surface area (Å²) in [7, 11) is 0. The number of alkyl halides is 3. The Morgan fingerprint density at radius 2 is 2.21 bits per heavy atom. The molecule has 0 radical (unpaired) electrons. The summed E-state index contributed by atoms with van der Waals surface area (Å²) in [5, 5.41) is 2.72. The second kappa shape index (κ2) is 7.94. The van der Waals surface area contributed by atoms with Crippen molar-refractivity contribution in [3.63, 3.8) is 0 Å². The summed E-state index contributed by atoms with van der Waals surface area (Å²) >= 11 is 5.60. The molecule has 0 saturated heterocycles. The lowest BCUT2D eigenvalue weighted by molar-refractivity contribution is -0.0498. The summed E-state index contributed by atoms with van der Waals surface area (Å²) in [5.74, 6) is 0.453. The molecule has 0 aromatic heterocycles. The van der Waals surface area contributed by atoms with Crippen molar-refractivity contribution < 1.29 is 18.3 Å². The molecular formula is C13H16ClF2NO2. The molecule has 0 saturated carbocycles. The van der Waals surface area contributed by atoms with Gasteiger partial charge in [-0.1, -0.05) is 13.0 Å². The third-order valence-corrected chi connectivity index (χ3v) is 2.75. The van der Waals surface area contributed by atoms with Crippen LogP contribution < -0.4 is 10.1 Å². The monoisotopic (exact) mass is 291 g/mol. The van der Waals surface area contributed by atoms with Gasteiger partial charge >= 0.3 is 6.61 Å². The van der Waals surface area contributed by atoms with E-state index in [1.165, 1.54) is 18.2 Å². The minimum atomic E-state index is -2.90. The van der Waals surface area contributed by atoms with Crippen LogP contribution in [0, 0.1) is 5.92 Å². The van der Waals surface area contributed by atoms with E-state index in [9.17, 15) is 13.6 Å². The summed E-state index contributed by atoms with van der Waals surface area (Å²) in [6, 6.07) is 5.70. The van der Waals surface area contributed by atoms with Gasteiger partial charge in [-0.25, -0.2) is 0 Å². The first-order valence-corrected chi connectivity index (χ1v) is 6.45. The van der Waals surface area contributed by atoms with Crippen molar-refractivity contribution in [2.75, 3.05) is 12.4 Å². The Morgan fingerprint density at radius 1 is 1.47 bits per heavy atom. The fraction of sp³-hybridized carbons (Fsp3) is 0.462. The standard InChI is InChI=1S/C13H16ClF2NO2/c1-9(5-6-14)8-17-12(18)10-3-2-4-11(7-10)19-13(15)16/h2-4,7,9,13H,5-6,8H2,1H3,(H,17,18). The Bertz CT molecular complexity index is 415.